The van der Waals surface area contributed by atoms with Crippen LogP contribution < -0.4 is 15.0 Å². The molecule has 0 aliphatic heterocycles. The Morgan fingerprint density at radius 1 is 1.02 bits per heavy atom. The number of likely N-dealkylation sites (N-methyl/N-ethyl adjacent to an activating group) is 1. The van der Waals surface area contributed by atoms with Gasteiger partial charge in [-0.15, -0.1) is 0 Å². The van der Waals surface area contributed by atoms with Gasteiger partial charge in [0.1, 0.15) is 24.1 Å². The lowest BCUT2D eigenvalue weighted by atomic mass is 10.0. The third-order valence-electron chi connectivity index (χ3n) is 6.62. The third-order valence-corrected chi connectivity index (χ3v) is 6.62. The molecule has 0 saturated heterocycles. The maximum absolute atomic E-state index is 14.9. The van der Waals surface area contributed by atoms with Crippen LogP contribution in [0.25, 0.3) is 10.9 Å². The fourth-order valence-electron chi connectivity index (χ4n) is 4.36. The molecule has 2 aromatic carbocycles. The minimum atomic E-state index is -3.68. The summed E-state index contributed by atoms with van der Waals surface area (Å²) in [7, 11) is 7.54. The normalized spacial score (nSPS) is 11.8. The van der Waals surface area contributed by atoms with Gasteiger partial charge >= 0.3 is 0 Å². The van der Waals surface area contributed by atoms with Crippen molar-refractivity contribution in [1.82, 2.24) is 19.9 Å². The predicted octanol–water partition coefficient (Wildman–Crippen LogP) is 5.05. The lowest BCUT2D eigenvalue weighted by Crippen LogP contribution is -2.21. The quantitative estimate of drug-likeness (QED) is 0.267. The summed E-state index contributed by atoms with van der Waals surface area (Å²) in [5, 5.41) is 12.8. The van der Waals surface area contributed by atoms with Gasteiger partial charge in [-0.05, 0) is 57.8 Å². The lowest BCUT2D eigenvalue weighted by Gasteiger charge is -2.22. The third kappa shape index (κ3) is 6.26. The first-order valence-corrected chi connectivity index (χ1v) is 12.7. The number of hydrogen-bond donors (Lipinski definition) is 2. The molecule has 0 saturated carbocycles. The van der Waals surface area contributed by atoms with Crippen molar-refractivity contribution in [3.05, 3.63) is 77.0 Å². The highest BCUT2D eigenvalue weighted by Crippen LogP contribution is 2.33. The minimum Gasteiger partial charge on any atom is -0.481 e. The van der Waals surface area contributed by atoms with E-state index < -0.39 is 23.9 Å². The molecule has 0 aliphatic rings. The number of alkyl halides is 2. The van der Waals surface area contributed by atoms with Crippen LogP contribution >= 0.6 is 0 Å². The van der Waals surface area contributed by atoms with Crippen LogP contribution in [-0.4, -0.2) is 66.4 Å². The molecular weight excluding hydrogens is 521 g/mol. The molecule has 0 bridgehead atoms. The number of methoxy groups -OCH3 is 1. The highest BCUT2D eigenvalue weighted by Gasteiger charge is 2.34. The zero-order chi connectivity index (χ0) is 29.0. The van der Waals surface area contributed by atoms with Gasteiger partial charge in [0.15, 0.2) is 0 Å². The molecule has 2 N–H and O–H groups in total. The van der Waals surface area contributed by atoms with Crippen LogP contribution in [0.4, 0.5) is 30.4 Å². The van der Waals surface area contributed by atoms with E-state index in [-0.39, 0.29) is 12.1 Å². The maximum Gasteiger partial charge on any atom is 0.298 e. The van der Waals surface area contributed by atoms with Gasteiger partial charge < -0.3 is 25.0 Å². The van der Waals surface area contributed by atoms with E-state index in [0.717, 1.165) is 36.0 Å². The number of aryl methyl sites for hydroxylation is 1. The summed E-state index contributed by atoms with van der Waals surface area (Å²) in [6.07, 6.45) is 2.51. The molecule has 11 heteroatoms. The summed E-state index contributed by atoms with van der Waals surface area (Å²) in [6.45, 7) is 1.01. The second-order valence-corrected chi connectivity index (χ2v) is 9.79. The number of anilines is 3. The monoisotopic (exact) mass is 554 g/mol. The molecule has 40 heavy (non-hydrogen) atoms. The van der Waals surface area contributed by atoms with Crippen molar-refractivity contribution in [2.75, 3.05) is 51.6 Å². The standard InChI is InChI=1S/C29H33F3N6O2/c1-18-35-25-10-9-21(38(4)22-13-19(11-12-37(2)3)28(40-5)34-16-22)14-23(25)27(36-18)33-15-20-7-6-8-24(26(20)30)29(31,32)17-39/h6-10,13-14,16,39H,11-12,15,17H2,1-5H3,(H,33,35,36). The fraction of sp³-hybridized carbons (Fsp3) is 0.345. The van der Waals surface area contributed by atoms with E-state index in [1.165, 1.54) is 12.1 Å². The zero-order valence-corrected chi connectivity index (χ0v) is 23.2. The Bertz CT molecular complexity index is 1500. The average molecular weight is 555 g/mol. The first-order valence-electron chi connectivity index (χ1n) is 12.7. The molecule has 0 fully saturated rings. The predicted molar refractivity (Wildman–Crippen MR) is 150 cm³/mol. The summed E-state index contributed by atoms with van der Waals surface area (Å²) in [6, 6.07) is 11.5. The number of aliphatic hydroxyl groups excluding tert-OH is 1. The number of nitrogens with zero attached hydrogens (tertiary/aromatic N) is 5. The molecule has 2 aromatic heterocycles. The topological polar surface area (TPSA) is 86.6 Å². The van der Waals surface area contributed by atoms with Crippen LogP contribution in [0.5, 0.6) is 5.88 Å². The van der Waals surface area contributed by atoms with Gasteiger partial charge in [0.05, 0.1) is 30.1 Å². The molecule has 0 amide bonds. The summed E-state index contributed by atoms with van der Waals surface area (Å²) in [5.41, 5.74) is 2.54. The molecule has 0 spiro atoms. The Morgan fingerprint density at radius 3 is 2.50 bits per heavy atom. The smallest absolute Gasteiger partial charge is 0.298 e. The van der Waals surface area contributed by atoms with E-state index in [4.69, 9.17) is 9.84 Å². The molecular formula is C29H33F3N6O2. The fourth-order valence-corrected chi connectivity index (χ4v) is 4.36. The van der Waals surface area contributed by atoms with Gasteiger partial charge in [-0.2, -0.15) is 8.78 Å². The summed E-state index contributed by atoms with van der Waals surface area (Å²) in [4.78, 5) is 17.6. The highest BCUT2D eigenvalue weighted by atomic mass is 19.3. The van der Waals surface area contributed by atoms with Gasteiger partial charge in [0.2, 0.25) is 5.88 Å². The van der Waals surface area contributed by atoms with E-state index >= 15 is 0 Å². The van der Waals surface area contributed by atoms with Crippen molar-refractivity contribution in [2.45, 2.75) is 25.8 Å². The molecule has 0 unspecified atom stereocenters. The molecule has 212 valence electrons. The molecule has 4 aromatic rings. The van der Waals surface area contributed by atoms with Crippen LogP contribution in [0.2, 0.25) is 0 Å². The summed E-state index contributed by atoms with van der Waals surface area (Å²) >= 11 is 0. The SMILES string of the molecule is COc1ncc(N(C)c2ccc3nc(C)nc(NCc4cccc(C(F)(F)CO)c4F)c3c2)cc1CCN(C)C. The second-order valence-electron chi connectivity index (χ2n) is 9.79. The van der Waals surface area contributed by atoms with E-state index in [1.807, 2.05) is 50.3 Å². The van der Waals surface area contributed by atoms with Crippen LogP contribution in [0.3, 0.4) is 0 Å². The van der Waals surface area contributed by atoms with Crippen molar-refractivity contribution in [2.24, 2.45) is 0 Å². The van der Waals surface area contributed by atoms with E-state index in [0.29, 0.717) is 28.4 Å². The first-order chi connectivity index (χ1) is 19.0. The highest BCUT2D eigenvalue weighted by molar-refractivity contribution is 5.92. The Balaban J connectivity index is 1.65. The molecule has 8 nitrogen and oxygen atoms in total. The van der Waals surface area contributed by atoms with Crippen molar-refractivity contribution >= 4 is 28.1 Å². The summed E-state index contributed by atoms with van der Waals surface area (Å²) in [5.74, 6) is -3.22. The summed E-state index contributed by atoms with van der Waals surface area (Å²) < 4.78 is 48.4. The number of ether oxygens (including phenoxy) is 1. The molecule has 0 radical (unpaired) electrons. The Hall–Kier alpha value is -3.96. The largest absolute Gasteiger partial charge is 0.481 e. The zero-order valence-electron chi connectivity index (χ0n) is 23.2. The van der Waals surface area contributed by atoms with Crippen molar-refractivity contribution < 1.29 is 23.0 Å². The Morgan fingerprint density at radius 2 is 1.80 bits per heavy atom. The van der Waals surface area contributed by atoms with E-state index in [1.54, 1.807) is 20.2 Å². The molecule has 2 heterocycles. The van der Waals surface area contributed by atoms with Crippen LogP contribution in [0.1, 0.15) is 22.5 Å². The number of benzene rings is 2. The average Bonchev–Trinajstić information content (AvgIpc) is 2.94. The van der Waals surface area contributed by atoms with Gasteiger partial charge in [-0.25, -0.2) is 19.3 Å². The number of hydrogen-bond acceptors (Lipinski definition) is 8. The molecule has 4 rings (SSSR count). The van der Waals surface area contributed by atoms with Gasteiger partial charge in [0, 0.05) is 42.3 Å². The van der Waals surface area contributed by atoms with Crippen LogP contribution in [-0.2, 0) is 18.9 Å². The number of aromatic nitrogens is 3. The lowest BCUT2D eigenvalue weighted by molar-refractivity contribution is -0.0583. The number of nitrogens with one attached hydrogen (secondary N) is 1. The van der Waals surface area contributed by atoms with Crippen LogP contribution in [0.15, 0.2) is 48.7 Å². The van der Waals surface area contributed by atoms with Gasteiger partial charge in [-0.1, -0.05) is 12.1 Å². The number of halogens is 3. The van der Waals surface area contributed by atoms with Gasteiger partial charge in [-0.3, -0.25) is 0 Å². The Kier molecular flexibility index (Phi) is 8.75. The minimum absolute atomic E-state index is 0.0258. The van der Waals surface area contributed by atoms with E-state index in [2.05, 4.69) is 25.2 Å². The number of pyridine rings is 1. The number of rotatable bonds is 11. The molecule has 0 atom stereocenters. The van der Waals surface area contributed by atoms with Crippen LogP contribution in [0, 0.1) is 12.7 Å². The molecule has 0 aliphatic carbocycles. The Labute approximate surface area is 231 Å². The number of fused-ring (bicyclic) bond motifs is 1. The van der Waals surface area contributed by atoms with Gasteiger partial charge in [0.25, 0.3) is 5.92 Å². The van der Waals surface area contributed by atoms with Crippen molar-refractivity contribution in [3.63, 3.8) is 0 Å². The van der Waals surface area contributed by atoms with E-state index in [9.17, 15) is 13.2 Å². The second kappa shape index (κ2) is 12.1. The number of aliphatic hydroxyl groups is 1. The first kappa shape index (κ1) is 29.0. The maximum atomic E-state index is 14.9. The van der Waals surface area contributed by atoms with Crippen molar-refractivity contribution in [1.29, 1.82) is 0 Å². The van der Waals surface area contributed by atoms with Crippen molar-refractivity contribution in [3.8, 4) is 5.88 Å².